The van der Waals surface area contributed by atoms with Crippen LogP contribution in [0.25, 0.3) is 0 Å². The molecule has 160 valence electrons. The van der Waals surface area contributed by atoms with Crippen LogP contribution >= 0.6 is 0 Å². The van der Waals surface area contributed by atoms with Gasteiger partial charge in [0.15, 0.2) is 6.79 Å². The number of allylic oxidation sites excluding steroid dienone is 1. The second kappa shape index (κ2) is 8.79. The molecule has 4 rings (SSSR count). The summed E-state index contributed by atoms with van der Waals surface area (Å²) in [4.78, 5) is 0. The lowest BCUT2D eigenvalue weighted by Crippen LogP contribution is -2.44. The Labute approximate surface area is 175 Å². The molecule has 2 fully saturated rings. The number of rotatable bonds is 8. The normalized spacial score (nSPS) is 32.9. The molecule has 4 nitrogen and oxygen atoms in total. The minimum absolute atomic E-state index is 0.290. The minimum Gasteiger partial charge on any atom is -0.467 e. The van der Waals surface area contributed by atoms with E-state index in [4.69, 9.17) is 18.9 Å². The number of hydrogen-bond donors (Lipinski definition) is 0. The molecule has 29 heavy (non-hydrogen) atoms. The summed E-state index contributed by atoms with van der Waals surface area (Å²) in [5.41, 5.74) is 4.56. The summed E-state index contributed by atoms with van der Waals surface area (Å²) < 4.78 is 22.3. The zero-order chi connectivity index (χ0) is 20.4. The molecule has 2 saturated carbocycles. The zero-order valence-corrected chi connectivity index (χ0v) is 18.2. The van der Waals surface area contributed by atoms with E-state index < -0.39 is 0 Å². The van der Waals surface area contributed by atoms with Crippen molar-refractivity contribution in [3.63, 3.8) is 0 Å². The molecule has 0 heterocycles. The summed E-state index contributed by atoms with van der Waals surface area (Å²) in [6, 6.07) is 4.69. The largest absolute Gasteiger partial charge is 0.467 e. The van der Waals surface area contributed by atoms with Crippen LogP contribution in [0.2, 0.25) is 0 Å². The third-order valence-corrected chi connectivity index (χ3v) is 7.90. The van der Waals surface area contributed by atoms with Crippen LogP contribution in [-0.4, -0.2) is 33.9 Å². The number of aryl methyl sites for hydroxylation is 1. The van der Waals surface area contributed by atoms with Crippen molar-refractivity contribution in [3.8, 4) is 5.75 Å². The third-order valence-electron chi connectivity index (χ3n) is 7.90. The van der Waals surface area contributed by atoms with Gasteiger partial charge in [-0.2, -0.15) is 0 Å². The van der Waals surface area contributed by atoms with Gasteiger partial charge in [-0.3, -0.25) is 0 Å². The summed E-state index contributed by atoms with van der Waals surface area (Å²) in [5, 5.41) is 0. The Morgan fingerprint density at radius 1 is 1.10 bits per heavy atom. The molecule has 0 spiro atoms. The van der Waals surface area contributed by atoms with Gasteiger partial charge in [0, 0.05) is 14.2 Å². The van der Waals surface area contributed by atoms with Crippen LogP contribution in [0.5, 0.6) is 5.75 Å². The lowest BCUT2D eigenvalue weighted by Gasteiger charge is -2.50. The van der Waals surface area contributed by atoms with Crippen molar-refractivity contribution in [2.24, 2.45) is 17.3 Å². The Bertz CT molecular complexity index is 730. The second-order valence-electron chi connectivity index (χ2n) is 9.30. The SMILES string of the molecule is C=CCc1cc2c(cc1OCOC)CC[C@@H]1[C@@H]2CC[C@]2(C)[C@@H](OCOC)CC[C@@H]12. The van der Waals surface area contributed by atoms with Crippen LogP contribution in [0.3, 0.4) is 0 Å². The lowest BCUT2D eigenvalue weighted by molar-refractivity contribution is -0.125. The smallest absolute Gasteiger partial charge is 0.188 e. The Morgan fingerprint density at radius 3 is 2.69 bits per heavy atom. The number of hydrogen-bond acceptors (Lipinski definition) is 4. The standard InChI is InChI=1S/C25H36O4/c1-5-6-18-13-21-17(14-23(18)28-15-26-3)7-8-20-19(21)11-12-25(2)22(20)9-10-24(25)29-16-27-4/h5,13-14,19-20,22,24H,1,6-12,15-16H2,2-4H3/t19-,20+,22-,24-,25-/m0/s1. The van der Waals surface area contributed by atoms with Crippen molar-refractivity contribution < 1.29 is 18.9 Å². The van der Waals surface area contributed by atoms with Crippen LogP contribution in [0.1, 0.15) is 61.6 Å². The number of ether oxygens (including phenoxy) is 4. The average molecular weight is 401 g/mol. The first kappa shape index (κ1) is 20.9. The highest BCUT2D eigenvalue weighted by Crippen LogP contribution is 2.61. The van der Waals surface area contributed by atoms with E-state index in [1.807, 2.05) is 6.08 Å². The first-order valence-electron chi connectivity index (χ1n) is 11.1. The molecule has 0 amide bonds. The van der Waals surface area contributed by atoms with Crippen molar-refractivity contribution in [1.29, 1.82) is 0 Å². The fourth-order valence-electron chi connectivity index (χ4n) is 6.59. The molecule has 3 aliphatic rings. The van der Waals surface area contributed by atoms with Crippen molar-refractivity contribution in [2.45, 2.75) is 63.9 Å². The van der Waals surface area contributed by atoms with Gasteiger partial charge in [0.2, 0.25) is 0 Å². The predicted octanol–water partition coefficient (Wildman–Crippen LogP) is 5.24. The maximum absolute atomic E-state index is 6.12. The van der Waals surface area contributed by atoms with Gasteiger partial charge in [-0.05, 0) is 90.9 Å². The number of methoxy groups -OCH3 is 2. The van der Waals surface area contributed by atoms with Gasteiger partial charge in [0.1, 0.15) is 12.5 Å². The molecule has 0 bridgehead atoms. The molecule has 0 radical (unpaired) electrons. The van der Waals surface area contributed by atoms with Gasteiger partial charge < -0.3 is 18.9 Å². The molecule has 1 aromatic rings. The van der Waals surface area contributed by atoms with Gasteiger partial charge in [0.05, 0.1) is 6.10 Å². The van der Waals surface area contributed by atoms with Crippen molar-refractivity contribution in [2.75, 3.05) is 27.8 Å². The molecule has 3 aliphatic carbocycles. The van der Waals surface area contributed by atoms with Crippen LogP contribution in [0.4, 0.5) is 0 Å². The summed E-state index contributed by atoms with van der Waals surface area (Å²) >= 11 is 0. The van der Waals surface area contributed by atoms with E-state index in [2.05, 4.69) is 25.6 Å². The average Bonchev–Trinajstić information content (AvgIpc) is 3.07. The Morgan fingerprint density at radius 2 is 1.93 bits per heavy atom. The summed E-state index contributed by atoms with van der Waals surface area (Å²) in [7, 11) is 3.38. The van der Waals surface area contributed by atoms with E-state index in [1.165, 1.54) is 43.2 Å². The first-order chi connectivity index (χ1) is 14.1. The van der Waals surface area contributed by atoms with Crippen LogP contribution in [-0.2, 0) is 27.1 Å². The highest BCUT2D eigenvalue weighted by Gasteiger charge is 2.55. The van der Waals surface area contributed by atoms with Crippen LogP contribution in [0, 0.1) is 17.3 Å². The van der Waals surface area contributed by atoms with Crippen LogP contribution < -0.4 is 4.74 Å². The number of benzene rings is 1. The van der Waals surface area contributed by atoms with Crippen molar-refractivity contribution >= 4 is 0 Å². The highest BCUT2D eigenvalue weighted by atomic mass is 16.7. The molecule has 0 N–H and O–H groups in total. The molecule has 1 aromatic carbocycles. The van der Waals surface area contributed by atoms with Crippen molar-refractivity contribution in [1.82, 2.24) is 0 Å². The molecule has 0 unspecified atom stereocenters. The maximum atomic E-state index is 6.12. The Balaban J connectivity index is 1.60. The van der Waals surface area contributed by atoms with Gasteiger partial charge in [-0.1, -0.05) is 19.1 Å². The van der Waals surface area contributed by atoms with Crippen LogP contribution in [0.15, 0.2) is 24.8 Å². The lowest BCUT2D eigenvalue weighted by atomic mass is 9.55. The Kier molecular flexibility index (Phi) is 6.33. The van der Waals surface area contributed by atoms with E-state index in [0.29, 0.717) is 24.2 Å². The van der Waals surface area contributed by atoms with Gasteiger partial charge >= 0.3 is 0 Å². The molecule has 0 saturated heterocycles. The molecule has 0 aromatic heterocycles. The maximum Gasteiger partial charge on any atom is 0.188 e. The molecule has 0 aliphatic heterocycles. The highest BCUT2D eigenvalue weighted by molar-refractivity contribution is 5.47. The third kappa shape index (κ3) is 3.75. The predicted molar refractivity (Wildman–Crippen MR) is 114 cm³/mol. The molecule has 5 atom stereocenters. The van der Waals surface area contributed by atoms with E-state index in [9.17, 15) is 0 Å². The van der Waals surface area contributed by atoms with E-state index in [1.54, 1.807) is 19.8 Å². The fraction of sp³-hybridized carbons (Fsp3) is 0.680. The number of fused-ring (bicyclic) bond motifs is 5. The topological polar surface area (TPSA) is 36.9 Å². The molecular weight excluding hydrogens is 364 g/mol. The van der Waals surface area contributed by atoms with Crippen molar-refractivity contribution in [3.05, 3.63) is 41.5 Å². The molecular formula is C25H36O4. The zero-order valence-electron chi connectivity index (χ0n) is 18.2. The molecule has 4 heteroatoms. The summed E-state index contributed by atoms with van der Waals surface area (Å²) in [6.45, 7) is 7.12. The fourth-order valence-corrected chi connectivity index (χ4v) is 6.59. The quantitative estimate of drug-likeness (QED) is 0.441. The van der Waals surface area contributed by atoms with Gasteiger partial charge in [-0.25, -0.2) is 0 Å². The minimum atomic E-state index is 0.290. The summed E-state index contributed by atoms with van der Waals surface area (Å²) in [5.74, 6) is 3.14. The van der Waals surface area contributed by atoms with E-state index >= 15 is 0 Å². The van der Waals surface area contributed by atoms with E-state index in [-0.39, 0.29) is 6.79 Å². The summed E-state index contributed by atoms with van der Waals surface area (Å²) in [6.07, 6.45) is 10.5. The monoisotopic (exact) mass is 400 g/mol. The second-order valence-corrected chi connectivity index (χ2v) is 9.30. The Hall–Kier alpha value is -1.36. The van der Waals surface area contributed by atoms with Gasteiger partial charge in [0.25, 0.3) is 0 Å². The first-order valence-corrected chi connectivity index (χ1v) is 11.1. The van der Waals surface area contributed by atoms with E-state index in [0.717, 1.165) is 30.4 Å². The van der Waals surface area contributed by atoms with Gasteiger partial charge in [-0.15, -0.1) is 6.58 Å².